The number of aryl methyl sites for hydroxylation is 1. The van der Waals surface area contributed by atoms with E-state index in [9.17, 15) is 9.59 Å². The zero-order chi connectivity index (χ0) is 19.2. The minimum absolute atomic E-state index is 0.0593. The van der Waals surface area contributed by atoms with E-state index < -0.39 is 0 Å². The molecule has 4 nitrogen and oxygen atoms in total. The maximum Gasteiger partial charge on any atom is 0.251 e. The van der Waals surface area contributed by atoms with Crippen molar-refractivity contribution in [2.45, 2.75) is 31.7 Å². The molecule has 0 unspecified atom stereocenters. The van der Waals surface area contributed by atoms with Crippen LogP contribution in [0.4, 0.5) is 0 Å². The Bertz CT molecular complexity index is 803. The van der Waals surface area contributed by atoms with Crippen molar-refractivity contribution in [1.29, 1.82) is 0 Å². The number of benzene rings is 2. The highest BCUT2D eigenvalue weighted by molar-refractivity contribution is 6.42. The van der Waals surface area contributed by atoms with E-state index in [1.807, 2.05) is 35.2 Å². The number of rotatable bonds is 5. The molecule has 0 saturated carbocycles. The number of carbonyl (C=O) groups excluding carboxylic acids is 2. The number of carbonyl (C=O) groups is 2. The summed E-state index contributed by atoms with van der Waals surface area (Å²) in [6, 6.07) is 14.8. The summed E-state index contributed by atoms with van der Waals surface area (Å²) >= 11 is 12.2. The van der Waals surface area contributed by atoms with E-state index in [1.54, 1.807) is 18.2 Å². The Morgan fingerprint density at radius 2 is 1.70 bits per heavy atom. The molecular weight excluding hydrogens is 383 g/mol. The van der Waals surface area contributed by atoms with Crippen molar-refractivity contribution in [3.8, 4) is 0 Å². The van der Waals surface area contributed by atoms with Crippen molar-refractivity contribution in [2.24, 2.45) is 0 Å². The molecule has 3 rings (SSSR count). The first-order valence-electron chi connectivity index (χ1n) is 9.11. The number of hydrogen-bond acceptors (Lipinski definition) is 2. The summed E-state index contributed by atoms with van der Waals surface area (Å²) in [6.45, 7) is 1.31. The minimum atomic E-state index is -0.0593. The molecule has 6 heteroatoms. The summed E-state index contributed by atoms with van der Waals surface area (Å²) < 4.78 is 0. The zero-order valence-corrected chi connectivity index (χ0v) is 16.5. The van der Waals surface area contributed by atoms with Crippen LogP contribution < -0.4 is 5.32 Å². The number of likely N-dealkylation sites (tertiary alicyclic amines) is 1. The fraction of sp³-hybridized carbons (Fsp3) is 0.333. The first-order valence-corrected chi connectivity index (χ1v) is 9.87. The normalized spacial score (nSPS) is 14.8. The van der Waals surface area contributed by atoms with Crippen LogP contribution in [0.15, 0.2) is 48.5 Å². The molecule has 0 aromatic heterocycles. The molecule has 2 amide bonds. The predicted molar refractivity (Wildman–Crippen MR) is 108 cm³/mol. The van der Waals surface area contributed by atoms with Gasteiger partial charge in [0.25, 0.3) is 5.91 Å². The molecule has 0 aliphatic carbocycles. The lowest BCUT2D eigenvalue weighted by molar-refractivity contribution is -0.132. The van der Waals surface area contributed by atoms with Crippen LogP contribution in [0.2, 0.25) is 10.0 Å². The maximum atomic E-state index is 12.5. The fourth-order valence-electron chi connectivity index (χ4n) is 3.27. The van der Waals surface area contributed by atoms with Gasteiger partial charge >= 0.3 is 0 Å². The van der Waals surface area contributed by atoms with E-state index in [2.05, 4.69) is 5.32 Å². The highest BCUT2D eigenvalue weighted by Gasteiger charge is 2.24. The van der Waals surface area contributed by atoms with Crippen LogP contribution in [0.3, 0.4) is 0 Å². The highest BCUT2D eigenvalue weighted by atomic mass is 35.5. The van der Waals surface area contributed by atoms with E-state index in [1.165, 1.54) is 0 Å². The Kier molecular flexibility index (Phi) is 6.75. The second-order valence-corrected chi connectivity index (χ2v) is 7.49. The molecular formula is C21H22Cl2N2O2. The fourth-order valence-corrected chi connectivity index (χ4v) is 3.69. The third-order valence-electron chi connectivity index (χ3n) is 4.86. The van der Waals surface area contributed by atoms with Gasteiger partial charge in [-0.3, -0.25) is 9.59 Å². The molecule has 1 saturated heterocycles. The molecule has 2 aromatic rings. The zero-order valence-electron chi connectivity index (χ0n) is 15.0. The molecule has 0 atom stereocenters. The second-order valence-electron chi connectivity index (χ2n) is 6.71. The van der Waals surface area contributed by atoms with Gasteiger partial charge in [-0.05, 0) is 43.0 Å². The van der Waals surface area contributed by atoms with Gasteiger partial charge in [0, 0.05) is 31.1 Å². The second kappa shape index (κ2) is 9.25. The van der Waals surface area contributed by atoms with Gasteiger partial charge in [0.05, 0.1) is 10.0 Å². The Labute approximate surface area is 169 Å². The van der Waals surface area contributed by atoms with Crippen molar-refractivity contribution in [3.63, 3.8) is 0 Å². The molecule has 0 bridgehead atoms. The van der Waals surface area contributed by atoms with Crippen LogP contribution in [0, 0.1) is 0 Å². The maximum absolute atomic E-state index is 12.5. The van der Waals surface area contributed by atoms with Crippen LogP contribution in [-0.2, 0) is 11.2 Å². The van der Waals surface area contributed by atoms with E-state index in [0.29, 0.717) is 41.5 Å². The van der Waals surface area contributed by atoms with E-state index in [0.717, 1.165) is 18.4 Å². The van der Waals surface area contributed by atoms with Crippen molar-refractivity contribution >= 4 is 35.0 Å². The van der Waals surface area contributed by atoms with E-state index in [-0.39, 0.29) is 17.9 Å². The summed E-state index contributed by atoms with van der Waals surface area (Å²) in [5.74, 6) is 0.0508. The van der Waals surface area contributed by atoms with Gasteiger partial charge in [-0.2, -0.15) is 0 Å². The van der Waals surface area contributed by atoms with Crippen LogP contribution in [0.5, 0.6) is 0 Å². The molecule has 1 aliphatic heterocycles. The Balaban J connectivity index is 1.45. The largest absolute Gasteiger partial charge is 0.349 e. The Morgan fingerprint density at radius 1 is 1.00 bits per heavy atom. The summed E-state index contributed by atoms with van der Waals surface area (Å²) in [4.78, 5) is 26.6. The summed E-state index contributed by atoms with van der Waals surface area (Å²) in [5, 5.41) is 4.09. The Morgan fingerprint density at radius 3 is 2.41 bits per heavy atom. The lowest BCUT2D eigenvalue weighted by Crippen LogP contribution is -2.46. The van der Waals surface area contributed by atoms with Crippen LogP contribution in [-0.4, -0.2) is 35.8 Å². The molecule has 0 spiro atoms. The third kappa shape index (κ3) is 5.24. The minimum Gasteiger partial charge on any atom is -0.349 e. The van der Waals surface area contributed by atoms with Crippen LogP contribution >= 0.6 is 23.2 Å². The number of halogens is 2. The number of hydrogen-bond donors (Lipinski definition) is 1. The van der Waals surface area contributed by atoms with Gasteiger partial charge in [-0.15, -0.1) is 0 Å². The SMILES string of the molecule is O=C(NC1CCN(C(=O)CCc2cccc(Cl)c2Cl)CC1)c1ccccc1. The van der Waals surface area contributed by atoms with Gasteiger partial charge in [-0.25, -0.2) is 0 Å². The van der Waals surface area contributed by atoms with Crippen LogP contribution in [0.1, 0.15) is 35.2 Å². The topological polar surface area (TPSA) is 49.4 Å². The number of nitrogens with zero attached hydrogens (tertiary/aromatic N) is 1. The number of amides is 2. The van der Waals surface area contributed by atoms with Gasteiger partial charge in [0.1, 0.15) is 0 Å². The van der Waals surface area contributed by atoms with Gasteiger partial charge in [0.15, 0.2) is 0 Å². The molecule has 142 valence electrons. The molecule has 1 fully saturated rings. The van der Waals surface area contributed by atoms with Gasteiger partial charge in [-0.1, -0.05) is 53.5 Å². The Hall–Kier alpha value is -2.04. The molecule has 1 heterocycles. The van der Waals surface area contributed by atoms with Crippen LogP contribution in [0.25, 0.3) is 0 Å². The van der Waals surface area contributed by atoms with Gasteiger partial charge in [0.2, 0.25) is 5.91 Å². The molecule has 2 aromatic carbocycles. The predicted octanol–water partition coefficient (Wildman–Crippen LogP) is 4.35. The quantitative estimate of drug-likeness (QED) is 0.804. The highest BCUT2D eigenvalue weighted by Crippen LogP contribution is 2.26. The standard InChI is InChI=1S/C21H22Cl2N2O2/c22-18-8-4-7-15(20(18)23)9-10-19(26)25-13-11-17(12-14-25)24-21(27)16-5-2-1-3-6-16/h1-8,17H,9-14H2,(H,24,27). The average Bonchev–Trinajstić information content (AvgIpc) is 2.70. The van der Waals surface area contributed by atoms with Gasteiger partial charge < -0.3 is 10.2 Å². The van der Waals surface area contributed by atoms with Crippen molar-refractivity contribution in [1.82, 2.24) is 10.2 Å². The molecule has 27 heavy (non-hydrogen) atoms. The van der Waals surface area contributed by atoms with E-state index >= 15 is 0 Å². The molecule has 0 radical (unpaired) electrons. The lowest BCUT2D eigenvalue weighted by Gasteiger charge is -2.32. The van der Waals surface area contributed by atoms with Crippen molar-refractivity contribution in [3.05, 3.63) is 69.7 Å². The van der Waals surface area contributed by atoms with Crippen molar-refractivity contribution in [2.75, 3.05) is 13.1 Å². The molecule has 1 N–H and O–H groups in total. The first-order chi connectivity index (χ1) is 13.0. The smallest absolute Gasteiger partial charge is 0.251 e. The summed E-state index contributed by atoms with van der Waals surface area (Å²) in [7, 11) is 0. The van der Waals surface area contributed by atoms with Crippen molar-refractivity contribution < 1.29 is 9.59 Å². The van der Waals surface area contributed by atoms with E-state index in [4.69, 9.17) is 23.2 Å². The lowest BCUT2D eigenvalue weighted by atomic mass is 10.0. The summed E-state index contributed by atoms with van der Waals surface area (Å²) in [6.07, 6.45) is 2.51. The summed E-state index contributed by atoms with van der Waals surface area (Å²) in [5.41, 5.74) is 1.55. The third-order valence-corrected chi connectivity index (χ3v) is 5.72. The monoisotopic (exact) mass is 404 g/mol. The molecule has 1 aliphatic rings. The first kappa shape index (κ1) is 19.7. The number of nitrogens with one attached hydrogen (secondary N) is 1. The average molecular weight is 405 g/mol. The number of piperidine rings is 1.